The van der Waals surface area contributed by atoms with Crippen molar-refractivity contribution >= 4 is 6.03 Å². The van der Waals surface area contributed by atoms with Crippen LogP contribution in [-0.2, 0) is 4.74 Å². The van der Waals surface area contributed by atoms with Crippen LogP contribution in [0.3, 0.4) is 0 Å². The zero-order chi connectivity index (χ0) is 14.2. The molecule has 0 bridgehead atoms. The number of aliphatic hydroxyl groups is 3. The number of carbonyl (C=O) groups excluding carboxylic acids is 1. The number of hydrogen-bond acceptors (Lipinski definition) is 6. The fourth-order valence-electron chi connectivity index (χ4n) is 2.23. The first-order chi connectivity index (χ1) is 8.99. The zero-order valence-electron chi connectivity index (χ0n) is 10.6. The van der Waals surface area contributed by atoms with E-state index >= 15 is 0 Å². The van der Waals surface area contributed by atoms with Gasteiger partial charge in [0, 0.05) is 6.20 Å². The van der Waals surface area contributed by atoms with Crippen molar-refractivity contribution in [3.05, 3.63) is 11.8 Å². The molecule has 108 valence electrons. The van der Waals surface area contributed by atoms with E-state index in [0.29, 0.717) is 6.42 Å². The largest absolute Gasteiger partial charge is 0.394 e. The Balaban J connectivity index is 2.21. The summed E-state index contributed by atoms with van der Waals surface area (Å²) in [6, 6.07) is -0.514. The molecule has 0 aromatic carbocycles. The average Bonchev–Trinajstić information content (AvgIpc) is 2.67. The molecule has 6 N–H and O–H groups in total. The monoisotopic (exact) mass is 273 g/mol. The molecule has 2 heterocycles. The predicted octanol–water partition coefficient (Wildman–Crippen LogP) is -1.97. The molecule has 8 nitrogen and oxygen atoms in total. The molecular formula is C11H19N3O5. The van der Waals surface area contributed by atoms with Crippen molar-refractivity contribution in [1.82, 2.24) is 10.2 Å². The lowest BCUT2D eigenvalue weighted by Crippen LogP contribution is -2.56. The number of urea groups is 1. The van der Waals surface area contributed by atoms with Gasteiger partial charge in [-0.05, 0) is 12.0 Å². The lowest BCUT2D eigenvalue weighted by Gasteiger charge is -2.34. The van der Waals surface area contributed by atoms with E-state index in [4.69, 9.17) is 15.6 Å². The summed E-state index contributed by atoms with van der Waals surface area (Å²) in [5.74, 6) is 0. The molecule has 0 saturated carbocycles. The van der Waals surface area contributed by atoms with Crippen LogP contribution in [0.15, 0.2) is 11.8 Å². The van der Waals surface area contributed by atoms with Gasteiger partial charge in [-0.3, -0.25) is 4.90 Å². The van der Waals surface area contributed by atoms with Crippen LogP contribution in [0, 0.1) is 0 Å². The van der Waals surface area contributed by atoms with Crippen molar-refractivity contribution in [3.8, 4) is 0 Å². The SMILES string of the molecule is CCC1=CN(C2OC(CO)C(O)C2O)C(=O)NC1N. The maximum atomic E-state index is 11.9. The molecule has 1 saturated heterocycles. The highest BCUT2D eigenvalue weighted by Gasteiger charge is 2.47. The molecule has 0 aromatic rings. The van der Waals surface area contributed by atoms with Crippen LogP contribution in [0.5, 0.6) is 0 Å². The molecule has 0 spiro atoms. The Morgan fingerprint density at radius 3 is 2.68 bits per heavy atom. The second-order valence-corrected chi connectivity index (χ2v) is 4.62. The van der Waals surface area contributed by atoms with Crippen molar-refractivity contribution in [2.45, 2.75) is 44.1 Å². The molecule has 0 radical (unpaired) electrons. The third-order valence-corrected chi connectivity index (χ3v) is 3.42. The summed E-state index contributed by atoms with van der Waals surface area (Å²) < 4.78 is 5.30. The van der Waals surface area contributed by atoms with Gasteiger partial charge in [0.2, 0.25) is 0 Å². The quantitative estimate of drug-likeness (QED) is 0.406. The summed E-state index contributed by atoms with van der Waals surface area (Å²) >= 11 is 0. The molecule has 1 fully saturated rings. The highest BCUT2D eigenvalue weighted by Crippen LogP contribution is 2.26. The van der Waals surface area contributed by atoms with Crippen LogP contribution in [0.2, 0.25) is 0 Å². The van der Waals surface area contributed by atoms with Crippen LogP contribution in [0.1, 0.15) is 13.3 Å². The summed E-state index contributed by atoms with van der Waals surface area (Å²) in [7, 11) is 0. The zero-order valence-corrected chi connectivity index (χ0v) is 10.6. The molecule has 2 rings (SSSR count). The van der Waals surface area contributed by atoms with Crippen LogP contribution in [-0.4, -0.2) is 63.6 Å². The van der Waals surface area contributed by atoms with Gasteiger partial charge < -0.3 is 31.1 Å². The molecule has 19 heavy (non-hydrogen) atoms. The van der Waals surface area contributed by atoms with E-state index in [9.17, 15) is 15.0 Å². The first-order valence-electron chi connectivity index (χ1n) is 6.17. The molecule has 2 aliphatic heterocycles. The van der Waals surface area contributed by atoms with E-state index in [0.717, 1.165) is 10.5 Å². The number of ether oxygens (including phenoxy) is 1. The molecule has 2 amide bonds. The summed E-state index contributed by atoms with van der Waals surface area (Å²) in [5.41, 5.74) is 6.51. The molecule has 5 atom stereocenters. The van der Waals surface area contributed by atoms with E-state index in [1.54, 1.807) is 0 Å². The van der Waals surface area contributed by atoms with Crippen LogP contribution in [0.25, 0.3) is 0 Å². The number of nitrogens with zero attached hydrogens (tertiary/aromatic N) is 1. The predicted molar refractivity (Wildman–Crippen MR) is 64.5 cm³/mol. The van der Waals surface area contributed by atoms with Gasteiger partial charge in [0.05, 0.1) is 6.61 Å². The van der Waals surface area contributed by atoms with E-state index in [2.05, 4.69) is 5.32 Å². The summed E-state index contributed by atoms with van der Waals surface area (Å²) in [6.07, 6.45) is -2.89. The Labute approximate surface area is 110 Å². The van der Waals surface area contributed by atoms with Gasteiger partial charge in [-0.15, -0.1) is 0 Å². The van der Waals surface area contributed by atoms with E-state index < -0.39 is 43.3 Å². The normalized spacial score (nSPS) is 39.2. The Kier molecular flexibility index (Phi) is 4.07. The van der Waals surface area contributed by atoms with Gasteiger partial charge in [0.1, 0.15) is 24.5 Å². The van der Waals surface area contributed by atoms with Crippen molar-refractivity contribution < 1.29 is 24.9 Å². The highest BCUT2D eigenvalue weighted by molar-refractivity contribution is 5.77. The van der Waals surface area contributed by atoms with Gasteiger partial charge in [-0.1, -0.05) is 6.92 Å². The van der Waals surface area contributed by atoms with Gasteiger partial charge in [-0.25, -0.2) is 4.79 Å². The Hall–Kier alpha value is -1.19. The number of amides is 2. The molecule has 2 aliphatic rings. The first kappa shape index (κ1) is 14.2. The van der Waals surface area contributed by atoms with Crippen LogP contribution in [0.4, 0.5) is 4.79 Å². The smallest absolute Gasteiger partial charge is 0.325 e. The molecular weight excluding hydrogens is 254 g/mol. The van der Waals surface area contributed by atoms with Crippen molar-refractivity contribution in [3.63, 3.8) is 0 Å². The lowest BCUT2D eigenvalue weighted by atomic mass is 10.1. The van der Waals surface area contributed by atoms with Crippen molar-refractivity contribution in [2.24, 2.45) is 5.73 Å². The molecule has 8 heteroatoms. The second-order valence-electron chi connectivity index (χ2n) is 4.62. The van der Waals surface area contributed by atoms with E-state index in [1.807, 2.05) is 6.92 Å². The highest BCUT2D eigenvalue weighted by atomic mass is 16.6. The Morgan fingerprint density at radius 2 is 2.16 bits per heavy atom. The minimum atomic E-state index is -1.29. The molecule has 0 aliphatic carbocycles. The van der Waals surface area contributed by atoms with Crippen molar-refractivity contribution in [1.29, 1.82) is 0 Å². The summed E-state index contributed by atoms with van der Waals surface area (Å²) in [4.78, 5) is 13.0. The minimum Gasteiger partial charge on any atom is -0.394 e. The average molecular weight is 273 g/mol. The standard InChI is InChI=1S/C11H19N3O5/c1-2-5-3-14(11(18)13-9(5)12)10-8(17)7(16)6(4-15)19-10/h3,6-10,15-17H,2,4,12H2,1H3,(H,13,18). The number of nitrogens with two attached hydrogens (primary N) is 1. The number of rotatable bonds is 3. The second kappa shape index (κ2) is 5.43. The fraction of sp³-hybridized carbons (Fsp3) is 0.727. The van der Waals surface area contributed by atoms with Crippen LogP contribution >= 0.6 is 0 Å². The number of nitrogens with one attached hydrogen (secondary N) is 1. The minimum absolute atomic E-state index is 0.436. The Bertz CT molecular complexity index is 389. The number of carbonyl (C=O) groups is 1. The van der Waals surface area contributed by atoms with E-state index in [-0.39, 0.29) is 0 Å². The first-order valence-corrected chi connectivity index (χ1v) is 6.17. The number of hydrogen-bond donors (Lipinski definition) is 5. The van der Waals surface area contributed by atoms with E-state index in [1.165, 1.54) is 6.20 Å². The third kappa shape index (κ3) is 2.45. The third-order valence-electron chi connectivity index (χ3n) is 3.42. The lowest BCUT2D eigenvalue weighted by molar-refractivity contribution is -0.0665. The maximum absolute atomic E-state index is 11.9. The van der Waals surface area contributed by atoms with Gasteiger partial charge in [-0.2, -0.15) is 0 Å². The fourth-order valence-corrected chi connectivity index (χ4v) is 2.23. The topological polar surface area (TPSA) is 128 Å². The van der Waals surface area contributed by atoms with Gasteiger partial charge in [0.15, 0.2) is 6.23 Å². The van der Waals surface area contributed by atoms with Gasteiger partial charge >= 0.3 is 6.03 Å². The number of aliphatic hydroxyl groups excluding tert-OH is 3. The van der Waals surface area contributed by atoms with Gasteiger partial charge in [0.25, 0.3) is 0 Å². The summed E-state index contributed by atoms with van der Waals surface area (Å²) in [5, 5.41) is 31.1. The van der Waals surface area contributed by atoms with Crippen molar-refractivity contribution in [2.75, 3.05) is 6.61 Å². The summed E-state index contributed by atoms with van der Waals surface area (Å²) in [6.45, 7) is 1.45. The van der Waals surface area contributed by atoms with Crippen LogP contribution < -0.4 is 11.1 Å². The Morgan fingerprint density at radius 1 is 1.47 bits per heavy atom. The maximum Gasteiger partial charge on any atom is 0.325 e. The molecule has 0 aromatic heterocycles. The molecule has 5 unspecified atom stereocenters.